The fraction of sp³-hybridized carbons (Fsp3) is 0.579. The van der Waals surface area contributed by atoms with Crippen LogP contribution in [0.4, 0.5) is 5.69 Å². The number of hydrogen-bond acceptors (Lipinski definition) is 5. The molecule has 0 saturated carbocycles. The molecule has 0 bridgehead atoms. The minimum absolute atomic E-state index is 0.319. The van der Waals surface area contributed by atoms with Gasteiger partial charge in [0.1, 0.15) is 5.82 Å². The zero-order valence-electron chi connectivity index (χ0n) is 16.2. The van der Waals surface area contributed by atoms with Crippen molar-refractivity contribution in [2.45, 2.75) is 50.5 Å². The number of fused-ring (bicyclic) bond motifs is 1. The van der Waals surface area contributed by atoms with Crippen LogP contribution in [0.1, 0.15) is 49.8 Å². The molecule has 0 spiro atoms. The van der Waals surface area contributed by atoms with Crippen LogP contribution < -0.4 is 4.90 Å². The maximum atomic E-state index is 12.9. The molecule has 0 amide bonds. The Balaban J connectivity index is 1.62. The smallest absolute Gasteiger partial charge is 0.243 e. The molecule has 8 heteroatoms. The van der Waals surface area contributed by atoms with Crippen LogP contribution in [0.15, 0.2) is 23.1 Å². The van der Waals surface area contributed by atoms with Gasteiger partial charge in [0.05, 0.1) is 11.4 Å². The van der Waals surface area contributed by atoms with Gasteiger partial charge < -0.3 is 9.47 Å². The molecule has 7 nitrogen and oxygen atoms in total. The summed E-state index contributed by atoms with van der Waals surface area (Å²) in [4.78, 5) is 2.61. The molecular formula is C19H27N5O2S. The zero-order chi connectivity index (χ0) is 19.2. The van der Waals surface area contributed by atoms with Gasteiger partial charge in [0.25, 0.3) is 0 Å². The van der Waals surface area contributed by atoms with Crippen LogP contribution in [0.25, 0.3) is 0 Å². The normalized spacial score (nSPS) is 17.9. The summed E-state index contributed by atoms with van der Waals surface area (Å²) in [7, 11) is -1.40. The largest absolute Gasteiger partial charge is 0.363 e. The van der Waals surface area contributed by atoms with Crippen LogP contribution in [0, 0.1) is 0 Å². The van der Waals surface area contributed by atoms with Gasteiger partial charge in [0.2, 0.25) is 10.0 Å². The Morgan fingerprint density at radius 2 is 1.85 bits per heavy atom. The van der Waals surface area contributed by atoms with Crippen molar-refractivity contribution >= 4 is 15.7 Å². The van der Waals surface area contributed by atoms with Gasteiger partial charge >= 0.3 is 0 Å². The minimum Gasteiger partial charge on any atom is -0.363 e. The van der Waals surface area contributed by atoms with Crippen molar-refractivity contribution in [3.8, 4) is 0 Å². The lowest BCUT2D eigenvalue weighted by molar-refractivity contribution is 0.477. The Labute approximate surface area is 161 Å². The molecule has 0 radical (unpaired) electrons. The van der Waals surface area contributed by atoms with Gasteiger partial charge in [0, 0.05) is 38.3 Å². The molecule has 146 valence electrons. The molecule has 0 N–H and O–H groups in total. The molecule has 0 unspecified atom stereocenters. The fourth-order valence-corrected chi connectivity index (χ4v) is 5.55. The van der Waals surface area contributed by atoms with Gasteiger partial charge in [-0.3, -0.25) is 0 Å². The van der Waals surface area contributed by atoms with E-state index in [9.17, 15) is 8.42 Å². The zero-order valence-corrected chi connectivity index (χ0v) is 17.0. The molecule has 1 aromatic carbocycles. The van der Waals surface area contributed by atoms with Gasteiger partial charge in [-0.05, 0) is 37.0 Å². The van der Waals surface area contributed by atoms with Crippen molar-refractivity contribution in [3.63, 3.8) is 0 Å². The molecule has 2 aliphatic rings. The number of sulfonamides is 1. The predicted octanol–water partition coefficient (Wildman–Crippen LogP) is 2.29. The number of aromatic nitrogens is 3. The highest BCUT2D eigenvalue weighted by Gasteiger charge is 2.30. The minimum atomic E-state index is -3.40. The number of rotatable bonds is 5. The second kappa shape index (κ2) is 6.91. The maximum Gasteiger partial charge on any atom is 0.243 e. The summed E-state index contributed by atoms with van der Waals surface area (Å²) in [5.41, 5.74) is 2.20. The van der Waals surface area contributed by atoms with E-state index in [4.69, 9.17) is 0 Å². The summed E-state index contributed by atoms with van der Waals surface area (Å²) in [6.07, 6.45) is 2.82. The maximum absolute atomic E-state index is 12.9. The Hall–Kier alpha value is -1.93. The third-order valence-corrected chi connectivity index (χ3v) is 7.49. The third kappa shape index (κ3) is 3.25. The Morgan fingerprint density at radius 3 is 2.52 bits per heavy atom. The van der Waals surface area contributed by atoms with Gasteiger partial charge in [-0.15, -0.1) is 10.2 Å². The molecule has 1 fully saturated rings. The van der Waals surface area contributed by atoms with E-state index in [1.54, 1.807) is 10.4 Å². The molecule has 1 saturated heterocycles. The van der Waals surface area contributed by atoms with Gasteiger partial charge in [-0.1, -0.05) is 19.9 Å². The van der Waals surface area contributed by atoms with Crippen molar-refractivity contribution in [2.75, 3.05) is 24.5 Å². The number of anilines is 1. The summed E-state index contributed by atoms with van der Waals surface area (Å²) < 4.78 is 29.5. The highest BCUT2D eigenvalue weighted by molar-refractivity contribution is 7.89. The predicted molar refractivity (Wildman–Crippen MR) is 104 cm³/mol. The quantitative estimate of drug-likeness (QED) is 0.785. The van der Waals surface area contributed by atoms with Gasteiger partial charge in [0.15, 0.2) is 5.82 Å². The average molecular weight is 390 g/mol. The fourth-order valence-electron chi connectivity index (χ4n) is 4.01. The average Bonchev–Trinajstić information content (AvgIpc) is 3.36. The van der Waals surface area contributed by atoms with Crippen LogP contribution >= 0.6 is 0 Å². The van der Waals surface area contributed by atoms with Crippen molar-refractivity contribution in [1.82, 2.24) is 19.1 Å². The molecule has 0 aliphatic carbocycles. The Kier molecular flexibility index (Phi) is 4.71. The van der Waals surface area contributed by atoms with E-state index in [0.717, 1.165) is 43.1 Å². The number of benzene rings is 1. The van der Waals surface area contributed by atoms with Crippen LogP contribution in [-0.2, 0) is 30.0 Å². The molecule has 2 aliphatic heterocycles. The summed E-state index contributed by atoms with van der Waals surface area (Å²) in [6.45, 7) is 6.96. The summed E-state index contributed by atoms with van der Waals surface area (Å²) >= 11 is 0. The van der Waals surface area contributed by atoms with Crippen molar-refractivity contribution in [2.24, 2.45) is 7.05 Å². The number of nitrogens with zero attached hydrogens (tertiary/aromatic N) is 5. The number of hydrogen-bond donors (Lipinski definition) is 0. The highest BCUT2D eigenvalue weighted by atomic mass is 32.2. The van der Waals surface area contributed by atoms with E-state index in [-0.39, 0.29) is 0 Å². The summed E-state index contributed by atoms with van der Waals surface area (Å²) in [5, 5.41) is 8.66. The second-order valence-corrected chi connectivity index (χ2v) is 9.70. The van der Waals surface area contributed by atoms with E-state index >= 15 is 0 Å². The molecule has 4 rings (SSSR count). The van der Waals surface area contributed by atoms with Gasteiger partial charge in [-0.2, -0.15) is 4.31 Å². The van der Waals surface area contributed by atoms with Gasteiger partial charge in [-0.25, -0.2) is 8.42 Å². The molecule has 1 aromatic heterocycles. The SMILES string of the molecule is CC(C)c1nnc(CN2CCc3ccc(S(=O)(=O)N4CCCC4)cc32)n1C. The van der Waals surface area contributed by atoms with E-state index in [0.29, 0.717) is 30.4 Å². The van der Waals surface area contributed by atoms with E-state index in [2.05, 4.69) is 28.9 Å². The molecule has 2 aromatic rings. The highest BCUT2D eigenvalue weighted by Crippen LogP contribution is 2.33. The van der Waals surface area contributed by atoms with Crippen molar-refractivity contribution in [3.05, 3.63) is 35.4 Å². The molecule has 27 heavy (non-hydrogen) atoms. The lowest BCUT2D eigenvalue weighted by Crippen LogP contribution is -2.28. The van der Waals surface area contributed by atoms with Crippen LogP contribution in [-0.4, -0.2) is 47.1 Å². The molecular weight excluding hydrogens is 362 g/mol. The second-order valence-electron chi connectivity index (χ2n) is 7.76. The standard InChI is InChI=1S/C19H27N5O2S/c1-14(2)19-21-20-18(22(19)3)13-23-11-8-15-6-7-16(12-17(15)23)27(25,26)24-9-4-5-10-24/h6-7,12,14H,4-5,8-11,13H2,1-3H3. The van der Waals surface area contributed by atoms with Crippen LogP contribution in [0.2, 0.25) is 0 Å². The molecule has 3 heterocycles. The Morgan fingerprint density at radius 1 is 1.11 bits per heavy atom. The van der Waals surface area contributed by atoms with Crippen LogP contribution in [0.3, 0.4) is 0 Å². The van der Waals surface area contributed by atoms with E-state index in [1.807, 2.05) is 23.7 Å². The van der Waals surface area contributed by atoms with Crippen molar-refractivity contribution < 1.29 is 8.42 Å². The van der Waals surface area contributed by atoms with E-state index in [1.165, 1.54) is 5.56 Å². The third-order valence-electron chi connectivity index (χ3n) is 5.60. The van der Waals surface area contributed by atoms with E-state index < -0.39 is 10.0 Å². The first-order valence-electron chi connectivity index (χ1n) is 9.64. The Bertz CT molecular complexity index is 945. The summed E-state index contributed by atoms with van der Waals surface area (Å²) in [5.74, 6) is 2.19. The first kappa shape index (κ1) is 18.4. The lowest BCUT2D eigenvalue weighted by atomic mass is 10.2. The molecule has 0 atom stereocenters. The topological polar surface area (TPSA) is 71.3 Å². The monoisotopic (exact) mass is 389 g/mol. The first-order valence-corrected chi connectivity index (χ1v) is 11.1. The van der Waals surface area contributed by atoms with Crippen molar-refractivity contribution in [1.29, 1.82) is 0 Å². The van der Waals surface area contributed by atoms with Crippen LogP contribution in [0.5, 0.6) is 0 Å². The lowest BCUT2D eigenvalue weighted by Gasteiger charge is -2.21. The first-order chi connectivity index (χ1) is 12.9. The summed E-state index contributed by atoms with van der Waals surface area (Å²) in [6, 6.07) is 5.57.